The van der Waals surface area contributed by atoms with Crippen molar-refractivity contribution in [3.63, 3.8) is 0 Å². The molecule has 8 nitrogen and oxygen atoms in total. The molecular weight excluding hydrogens is 608 g/mol. The smallest absolute Gasteiger partial charge is 0.333 e. The summed E-state index contributed by atoms with van der Waals surface area (Å²) in [5.74, 6) is -1.47. The Balaban J connectivity index is 1.92. The van der Waals surface area contributed by atoms with E-state index in [1.165, 1.54) is 30.3 Å². The fourth-order valence-electron chi connectivity index (χ4n) is 3.40. The number of amides is 1. The van der Waals surface area contributed by atoms with E-state index in [1.807, 2.05) is 0 Å². The molecule has 11 heteroatoms. The highest BCUT2D eigenvalue weighted by atomic mass is 127. The molecule has 1 aromatic heterocycles. The number of ether oxygens (including phenoxy) is 1. The van der Waals surface area contributed by atoms with Crippen molar-refractivity contribution in [1.29, 1.82) is 0 Å². The Morgan fingerprint density at radius 1 is 1.06 bits per heavy atom. The first-order chi connectivity index (χ1) is 16.7. The maximum Gasteiger partial charge on any atom is 0.333 e. The molecule has 1 heterocycles. The first-order valence-corrected chi connectivity index (χ1v) is 12.1. The number of nitrogens with zero attached hydrogens (tertiary/aromatic N) is 1. The summed E-state index contributed by atoms with van der Waals surface area (Å²) in [7, 11) is 0. The Labute approximate surface area is 222 Å². The van der Waals surface area contributed by atoms with Crippen LogP contribution in [0.4, 0.5) is 5.69 Å². The summed E-state index contributed by atoms with van der Waals surface area (Å²) in [6, 6.07) is 14.0. The van der Waals surface area contributed by atoms with Gasteiger partial charge in [0.05, 0.1) is 37.9 Å². The number of hydrogen-bond donors (Lipinski definition) is 2. The van der Waals surface area contributed by atoms with Gasteiger partial charge in [-0.3, -0.25) is 14.4 Å². The standard InChI is InChI=1S/C24H16Cl2IN3O5/c1-2-19(31)35-21-17(28-22(32)20-14(25)5-3-6-15(20)26)7-4-8-18(21)30-23(33)13-11-12(27)9-10-16(13)29-24(30)34/h3-11H,2H2,1H3,(H,28,32)(H,29,34). The number of aromatic amines is 1. The summed E-state index contributed by atoms with van der Waals surface area (Å²) in [6.07, 6.45) is 0.0131. The number of rotatable bonds is 5. The molecule has 0 aliphatic heterocycles. The van der Waals surface area contributed by atoms with Gasteiger partial charge in [-0.15, -0.1) is 0 Å². The van der Waals surface area contributed by atoms with Gasteiger partial charge in [0.1, 0.15) is 0 Å². The number of esters is 1. The van der Waals surface area contributed by atoms with Crippen LogP contribution >= 0.6 is 45.8 Å². The lowest BCUT2D eigenvalue weighted by molar-refractivity contribution is -0.133. The first kappa shape index (κ1) is 25.0. The normalized spacial score (nSPS) is 10.9. The minimum absolute atomic E-state index is 0.0131. The third-order valence-corrected chi connectivity index (χ3v) is 6.34. The van der Waals surface area contributed by atoms with E-state index in [9.17, 15) is 19.2 Å². The summed E-state index contributed by atoms with van der Waals surface area (Å²) < 4.78 is 7.14. The molecule has 4 rings (SSSR count). The second-order valence-electron chi connectivity index (χ2n) is 7.29. The summed E-state index contributed by atoms with van der Waals surface area (Å²) in [4.78, 5) is 54.2. The van der Waals surface area contributed by atoms with Crippen LogP contribution < -0.4 is 21.3 Å². The molecule has 3 aromatic carbocycles. The number of carbonyl (C=O) groups excluding carboxylic acids is 2. The largest absolute Gasteiger partial charge is 0.422 e. The Morgan fingerprint density at radius 2 is 1.74 bits per heavy atom. The van der Waals surface area contributed by atoms with Gasteiger partial charge in [0.25, 0.3) is 11.5 Å². The summed E-state index contributed by atoms with van der Waals surface area (Å²) >= 11 is 14.4. The molecule has 35 heavy (non-hydrogen) atoms. The van der Waals surface area contributed by atoms with E-state index in [-0.39, 0.29) is 44.5 Å². The van der Waals surface area contributed by atoms with Gasteiger partial charge in [-0.25, -0.2) is 9.36 Å². The highest BCUT2D eigenvalue weighted by Gasteiger charge is 2.22. The minimum atomic E-state index is -0.741. The highest BCUT2D eigenvalue weighted by molar-refractivity contribution is 14.1. The van der Waals surface area contributed by atoms with Crippen LogP contribution in [0.2, 0.25) is 10.0 Å². The zero-order valence-corrected chi connectivity index (χ0v) is 21.7. The Bertz CT molecular complexity index is 1590. The molecule has 0 unspecified atom stereocenters. The fourth-order valence-corrected chi connectivity index (χ4v) is 4.46. The average Bonchev–Trinajstić information content (AvgIpc) is 2.81. The lowest BCUT2D eigenvalue weighted by atomic mass is 10.2. The summed E-state index contributed by atoms with van der Waals surface area (Å²) in [6.45, 7) is 1.59. The van der Waals surface area contributed by atoms with E-state index in [2.05, 4.69) is 32.9 Å². The van der Waals surface area contributed by atoms with Gasteiger partial charge in [0.15, 0.2) is 5.75 Å². The van der Waals surface area contributed by atoms with E-state index < -0.39 is 23.1 Å². The van der Waals surface area contributed by atoms with Crippen LogP contribution in [0.25, 0.3) is 16.6 Å². The van der Waals surface area contributed by atoms with Crippen LogP contribution in [0.3, 0.4) is 0 Å². The van der Waals surface area contributed by atoms with Gasteiger partial charge < -0.3 is 15.0 Å². The number of benzene rings is 3. The van der Waals surface area contributed by atoms with Gasteiger partial charge in [-0.1, -0.05) is 42.3 Å². The van der Waals surface area contributed by atoms with Crippen molar-refractivity contribution in [1.82, 2.24) is 9.55 Å². The van der Waals surface area contributed by atoms with E-state index in [4.69, 9.17) is 27.9 Å². The molecule has 0 radical (unpaired) electrons. The molecule has 0 aliphatic carbocycles. The van der Waals surface area contributed by atoms with Crippen LogP contribution in [-0.4, -0.2) is 21.4 Å². The monoisotopic (exact) mass is 623 g/mol. The van der Waals surface area contributed by atoms with Crippen LogP contribution in [0.5, 0.6) is 5.75 Å². The summed E-state index contributed by atoms with van der Waals surface area (Å²) in [5.41, 5.74) is -0.962. The van der Waals surface area contributed by atoms with Crippen molar-refractivity contribution in [2.45, 2.75) is 13.3 Å². The number of para-hydroxylation sites is 1. The number of anilines is 1. The van der Waals surface area contributed by atoms with Crippen LogP contribution in [-0.2, 0) is 4.79 Å². The lowest BCUT2D eigenvalue weighted by Gasteiger charge is -2.17. The number of fused-ring (bicyclic) bond motifs is 1. The van der Waals surface area contributed by atoms with Crippen molar-refractivity contribution in [2.24, 2.45) is 0 Å². The van der Waals surface area contributed by atoms with E-state index in [0.717, 1.165) is 8.14 Å². The van der Waals surface area contributed by atoms with Crippen LogP contribution in [0.15, 0.2) is 64.2 Å². The molecule has 0 saturated carbocycles. The van der Waals surface area contributed by atoms with Gasteiger partial charge in [-0.05, 0) is 65.1 Å². The average molecular weight is 624 g/mol. The molecule has 0 atom stereocenters. The molecule has 0 aliphatic rings. The van der Waals surface area contributed by atoms with Crippen LogP contribution in [0, 0.1) is 3.57 Å². The zero-order valence-electron chi connectivity index (χ0n) is 18.0. The van der Waals surface area contributed by atoms with E-state index in [1.54, 1.807) is 31.2 Å². The molecular formula is C24H16Cl2IN3O5. The number of aromatic nitrogens is 2. The Kier molecular flexibility index (Phi) is 7.29. The second kappa shape index (κ2) is 10.2. The third-order valence-electron chi connectivity index (χ3n) is 5.04. The third kappa shape index (κ3) is 4.97. The summed E-state index contributed by atoms with van der Waals surface area (Å²) in [5, 5.41) is 3.13. The van der Waals surface area contributed by atoms with E-state index >= 15 is 0 Å². The molecule has 1 amide bonds. The fraction of sp³-hybridized carbons (Fsp3) is 0.0833. The van der Waals surface area contributed by atoms with Crippen molar-refractivity contribution in [3.8, 4) is 11.4 Å². The van der Waals surface area contributed by atoms with Crippen molar-refractivity contribution < 1.29 is 14.3 Å². The Hall–Kier alpha value is -3.15. The number of hydrogen-bond acceptors (Lipinski definition) is 5. The van der Waals surface area contributed by atoms with Gasteiger partial charge in [-0.2, -0.15) is 0 Å². The van der Waals surface area contributed by atoms with Gasteiger partial charge in [0.2, 0.25) is 0 Å². The lowest BCUT2D eigenvalue weighted by Crippen LogP contribution is -2.34. The number of halogens is 3. The van der Waals surface area contributed by atoms with Crippen molar-refractivity contribution in [3.05, 3.63) is 94.6 Å². The molecule has 0 spiro atoms. The predicted octanol–water partition coefficient (Wildman–Crippen LogP) is 5.16. The molecule has 2 N–H and O–H groups in total. The second-order valence-corrected chi connectivity index (χ2v) is 9.35. The minimum Gasteiger partial charge on any atom is -0.422 e. The van der Waals surface area contributed by atoms with E-state index in [0.29, 0.717) is 5.52 Å². The SMILES string of the molecule is CCC(=O)Oc1c(NC(=O)c2c(Cl)cccc2Cl)cccc1-n1c(=O)[nH]c2ccc(I)cc2c1=O. The first-order valence-electron chi connectivity index (χ1n) is 10.2. The zero-order chi connectivity index (χ0) is 25.3. The Morgan fingerprint density at radius 3 is 2.43 bits per heavy atom. The predicted molar refractivity (Wildman–Crippen MR) is 143 cm³/mol. The molecule has 0 fully saturated rings. The molecule has 0 saturated heterocycles. The van der Waals surface area contributed by atoms with Crippen LogP contribution in [0.1, 0.15) is 23.7 Å². The molecule has 178 valence electrons. The molecule has 4 aromatic rings. The van der Waals surface area contributed by atoms with Crippen molar-refractivity contribution in [2.75, 3.05) is 5.32 Å². The topological polar surface area (TPSA) is 110 Å². The quantitative estimate of drug-likeness (QED) is 0.181. The number of nitrogens with one attached hydrogen (secondary N) is 2. The maximum atomic E-state index is 13.3. The number of H-pyrrole nitrogens is 1. The number of carbonyl (C=O) groups is 2. The van der Waals surface area contributed by atoms with Gasteiger partial charge in [0, 0.05) is 9.99 Å². The molecule has 0 bridgehead atoms. The maximum absolute atomic E-state index is 13.3. The highest BCUT2D eigenvalue weighted by Crippen LogP contribution is 2.33. The van der Waals surface area contributed by atoms with Crippen molar-refractivity contribution >= 4 is 74.3 Å². The van der Waals surface area contributed by atoms with Gasteiger partial charge >= 0.3 is 11.7 Å².